The maximum absolute atomic E-state index is 12.2. The van der Waals surface area contributed by atoms with E-state index in [4.69, 9.17) is 31.2 Å². The number of nitro groups is 2. The first-order chi connectivity index (χ1) is 21.9. The van der Waals surface area contributed by atoms with Crippen molar-refractivity contribution in [3.05, 3.63) is 55.6 Å². The van der Waals surface area contributed by atoms with Gasteiger partial charge in [-0.3, -0.25) is 29.8 Å². The predicted molar refractivity (Wildman–Crippen MR) is 161 cm³/mol. The number of aliphatic carboxylic acids is 2. The van der Waals surface area contributed by atoms with Crippen LogP contribution in [0, 0.1) is 20.2 Å². The Bertz CT molecular complexity index is 1510. The molecule has 0 bridgehead atoms. The Labute approximate surface area is 261 Å². The third kappa shape index (κ3) is 8.42. The van der Waals surface area contributed by atoms with Crippen LogP contribution < -0.4 is 30.7 Å². The Kier molecular flexibility index (Phi) is 12.3. The summed E-state index contributed by atoms with van der Waals surface area (Å²) >= 11 is 0. The van der Waals surface area contributed by atoms with Gasteiger partial charge in [0.25, 0.3) is 5.69 Å². The molecule has 2 aromatic rings. The number of hydrogen-bond acceptors (Lipinski definition) is 12. The molecule has 18 nitrogen and oxygen atoms in total. The molecule has 0 saturated carbocycles. The van der Waals surface area contributed by atoms with Crippen molar-refractivity contribution in [1.82, 2.24) is 0 Å². The highest BCUT2D eigenvalue weighted by Crippen LogP contribution is 2.43. The Morgan fingerprint density at radius 1 is 0.761 bits per heavy atom. The van der Waals surface area contributed by atoms with Gasteiger partial charge in [-0.25, -0.2) is 9.59 Å². The zero-order valence-electron chi connectivity index (χ0n) is 24.7. The number of anilines is 2. The molecule has 0 saturated heterocycles. The predicted octanol–water partition coefficient (Wildman–Crippen LogP) is 1.37. The Morgan fingerprint density at radius 2 is 1.28 bits per heavy atom. The molecule has 0 spiro atoms. The average Bonchev–Trinajstić information content (AvgIpc) is 3.65. The van der Waals surface area contributed by atoms with Crippen molar-refractivity contribution in [3.8, 4) is 11.5 Å². The van der Waals surface area contributed by atoms with Crippen LogP contribution in [0.2, 0.25) is 0 Å². The van der Waals surface area contributed by atoms with Crippen LogP contribution in [-0.2, 0) is 32.0 Å². The van der Waals surface area contributed by atoms with E-state index in [0.717, 1.165) is 0 Å². The van der Waals surface area contributed by atoms with Crippen LogP contribution in [0.25, 0.3) is 0 Å². The molecular weight excluding hydrogens is 612 g/mol. The summed E-state index contributed by atoms with van der Waals surface area (Å²) in [5.41, 5.74) is 12.0. The zero-order chi connectivity index (χ0) is 34.0. The number of nitrogens with two attached hydrogens (primary N) is 2. The highest BCUT2D eigenvalue weighted by atomic mass is 16.6. The molecule has 0 aromatic heterocycles. The summed E-state index contributed by atoms with van der Waals surface area (Å²) in [6.45, 7) is 0.204. The Morgan fingerprint density at radius 3 is 1.85 bits per heavy atom. The van der Waals surface area contributed by atoms with Gasteiger partial charge < -0.3 is 41.0 Å². The van der Waals surface area contributed by atoms with Crippen LogP contribution in [0.15, 0.2) is 24.3 Å². The molecule has 2 aliphatic rings. The van der Waals surface area contributed by atoms with Gasteiger partial charge in [0, 0.05) is 49.2 Å². The standard InChI is InChI=1S/2C14H17N3O6/c15-6-1-2-12(18)16-7-5-9-11(23-8-13(19)20)4-3-10(14(9)16)17(21)22;15-6-1-2-12(18)16-7-5-9-10(16)3-4-11(17(21)22)14(9)23-8-13(19)20/h2*3-4H,1-2,5-8,15H2,(H,19,20). The average molecular weight is 647 g/mol. The van der Waals surface area contributed by atoms with Gasteiger partial charge >= 0.3 is 17.6 Å². The third-order valence-corrected chi connectivity index (χ3v) is 7.04. The molecule has 0 atom stereocenters. The van der Waals surface area contributed by atoms with E-state index in [1.54, 1.807) is 0 Å². The van der Waals surface area contributed by atoms with Gasteiger partial charge in [-0.1, -0.05) is 0 Å². The number of carboxylic acids is 2. The number of ether oxygens (including phenoxy) is 2. The molecule has 46 heavy (non-hydrogen) atoms. The van der Waals surface area contributed by atoms with Crippen LogP contribution >= 0.6 is 0 Å². The largest absolute Gasteiger partial charge is 0.482 e. The maximum atomic E-state index is 12.2. The van der Waals surface area contributed by atoms with Crippen LogP contribution in [-0.4, -0.2) is 83.2 Å². The minimum absolute atomic E-state index is 0.0796. The van der Waals surface area contributed by atoms with E-state index >= 15 is 0 Å². The second-order valence-electron chi connectivity index (χ2n) is 10.1. The number of hydrogen-bond donors (Lipinski definition) is 4. The Hall–Kier alpha value is -5.36. The smallest absolute Gasteiger partial charge is 0.341 e. The summed E-state index contributed by atoms with van der Waals surface area (Å²) in [5, 5.41) is 39.8. The fourth-order valence-corrected chi connectivity index (χ4v) is 5.07. The van der Waals surface area contributed by atoms with Crippen molar-refractivity contribution in [2.75, 3.05) is 49.2 Å². The van der Waals surface area contributed by atoms with Crippen LogP contribution in [0.5, 0.6) is 11.5 Å². The minimum Gasteiger partial charge on any atom is -0.482 e. The van der Waals surface area contributed by atoms with E-state index in [9.17, 15) is 39.4 Å². The first-order valence-electron chi connectivity index (χ1n) is 14.2. The monoisotopic (exact) mass is 646 g/mol. The van der Waals surface area contributed by atoms with E-state index in [1.165, 1.54) is 34.1 Å². The van der Waals surface area contributed by atoms with Crippen LogP contribution in [0.4, 0.5) is 22.7 Å². The van der Waals surface area contributed by atoms with Gasteiger partial charge in [0.1, 0.15) is 11.4 Å². The lowest BCUT2D eigenvalue weighted by Crippen LogP contribution is -2.29. The van der Waals surface area contributed by atoms with Crippen LogP contribution in [0.3, 0.4) is 0 Å². The molecule has 2 aromatic carbocycles. The summed E-state index contributed by atoms with van der Waals surface area (Å²) in [6.07, 6.45) is 2.29. The molecule has 4 rings (SSSR count). The molecule has 6 N–H and O–H groups in total. The van der Waals surface area contributed by atoms with Gasteiger partial charge in [0.05, 0.1) is 15.5 Å². The number of amides is 2. The molecule has 0 unspecified atom stereocenters. The number of benzene rings is 2. The fourth-order valence-electron chi connectivity index (χ4n) is 5.07. The van der Waals surface area contributed by atoms with E-state index in [-0.39, 0.29) is 53.2 Å². The highest BCUT2D eigenvalue weighted by Gasteiger charge is 2.35. The van der Waals surface area contributed by atoms with Crippen molar-refractivity contribution in [3.63, 3.8) is 0 Å². The summed E-state index contributed by atoms with van der Waals surface area (Å²) in [4.78, 5) is 69.7. The highest BCUT2D eigenvalue weighted by molar-refractivity contribution is 5.99. The molecular formula is C28H34N6O12. The van der Waals surface area contributed by atoms with Gasteiger partial charge in [-0.2, -0.15) is 0 Å². The summed E-state index contributed by atoms with van der Waals surface area (Å²) in [6, 6.07) is 5.32. The van der Waals surface area contributed by atoms with E-state index in [2.05, 4.69) is 0 Å². The molecule has 18 heteroatoms. The first kappa shape index (κ1) is 35.1. The second kappa shape index (κ2) is 16.1. The van der Waals surface area contributed by atoms with Crippen LogP contribution in [0.1, 0.15) is 36.8 Å². The Balaban J connectivity index is 0.000000250. The van der Waals surface area contributed by atoms with E-state index in [0.29, 0.717) is 68.7 Å². The van der Waals surface area contributed by atoms with Gasteiger partial charge in [0.2, 0.25) is 17.6 Å². The number of rotatable bonds is 14. The topological polar surface area (TPSA) is 272 Å². The molecule has 248 valence electrons. The molecule has 0 radical (unpaired) electrons. The van der Waals surface area contributed by atoms with Crippen molar-refractivity contribution < 1.29 is 48.7 Å². The zero-order valence-corrected chi connectivity index (χ0v) is 24.7. The van der Waals surface area contributed by atoms with Gasteiger partial charge in [0.15, 0.2) is 13.2 Å². The summed E-state index contributed by atoms with van der Waals surface area (Å²) in [7, 11) is 0. The normalized spacial score (nSPS) is 12.8. The SMILES string of the molecule is NCCCC(=O)N1CCc2c(OCC(=O)O)ccc([N+](=O)[O-])c21.NCCCC(=O)N1CCc2c1ccc([N+](=O)[O-])c2OCC(=O)O. The van der Waals surface area contributed by atoms with Crippen molar-refractivity contribution in [2.24, 2.45) is 11.5 Å². The van der Waals surface area contributed by atoms with Gasteiger partial charge in [-0.05, 0) is 50.9 Å². The van der Waals surface area contributed by atoms with E-state index in [1.807, 2.05) is 0 Å². The lowest BCUT2D eigenvalue weighted by molar-refractivity contribution is -0.385. The first-order valence-corrected chi connectivity index (χ1v) is 14.2. The number of carbonyl (C=O) groups is 4. The number of carbonyl (C=O) groups excluding carboxylic acids is 2. The molecule has 0 aliphatic carbocycles. The van der Waals surface area contributed by atoms with Crippen molar-refractivity contribution in [2.45, 2.75) is 38.5 Å². The summed E-state index contributed by atoms with van der Waals surface area (Å²) < 4.78 is 10.3. The minimum atomic E-state index is -1.23. The number of carboxylic acid groups (broad SMARTS) is 2. The molecule has 0 fully saturated rings. The molecule has 2 amide bonds. The van der Waals surface area contributed by atoms with Crippen molar-refractivity contribution >= 4 is 46.5 Å². The van der Waals surface area contributed by atoms with Crippen molar-refractivity contribution in [1.29, 1.82) is 0 Å². The summed E-state index contributed by atoms with van der Waals surface area (Å²) in [5.74, 6) is -2.57. The fraction of sp³-hybridized carbons (Fsp3) is 0.429. The number of fused-ring (bicyclic) bond motifs is 2. The lowest BCUT2D eigenvalue weighted by atomic mass is 10.1. The lowest BCUT2D eigenvalue weighted by Gasteiger charge is -2.17. The quantitative estimate of drug-likeness (QED) is 0.167. The second-order valence-corrected chi connectivity index (χ2v) is 10.1. The number of nitrogens with zero attached hydrogens (tertiary/aromatic N) is 4. The van der Waals surface area contributed by atoms with Gasteiger partial charge in [-0.15, -0.1) is 0 Å². The number of nitro benzene ring substituents is 2. The van der Waals surface area contributed by atoms with E-state index < -0.39 is 35.0 Å². The molecule has 2 aliphatic heterocycles. The maximum Gasteiger partial charge on any atom is 0.341 e. The molecule has 2 heterocycles. The third-order valence-electron chi connectivity index (χ3n) is 7.04.